The third-order valence-electron chi connectivity index (χ3n) is 2.86. The first-order valence-corrected chi connectivity index (χ1v) is 5.93. The molecule has 0 spiro atoms. The van der Waals surface area contributed by atoms with Crippen LogP contribution in [0.5, 0.6) is 5.75 Å². The molecule has 0 saturated heterocycles. The van der Waals surface area contributed by atoms with Gasteiger partial charge in [-0.05, 0) is 50.3 Å². The van der Waals surface area contributed by atoms with Crippen LogP contribution in [-0.4, -0.2) is 6.10 Å². The molecule has 1 unspecified atom stereocenters. The Morgan fingerprint density at radius 2 is 2.12 bits per heavy atom. The summed E-state index contributed by atoms with van der Waals surface area (Å²) >= 11 is 0. The maximum atomic E-state index is 5.68. The van der Waals surface area contributed by atoms with E-state index in [0.717, 1.165) is 5.75 Å². The molecule has 1 atom stereocenters. The number of nitrogens with one attached hydrogen (secondary N) is 1. The standard InChI is InChI=1S/C13H20N2O/c1-9(2)16-12-5-3-4-11(8-12)13(15-14)10-6-7-10/h3-5,8-10,13,15H,6-7,14H2,1-2H3. The van der Waals surface area contributed by atoms with Crippen LogP contribution in [0.1, 0.15) is 38.3 Å². The Balaban J connectivity index is 2.13. The van der Waals surface area contributed by atoms with E-state index in [2.05, 4.69) is 17.6 Å². The van der Waals surface area contributed by atoms with E-state index in [1.165, 1.54) is 18.4 Å². The SMILES string of the molecule is CC(C)Oc1cccc(C(NN)C2CC2)c1. The van der Waals surface area contributed by atoms with E-state index in [-0.39, 0.29) is 12.1 Å². The highest BCUT2D eigenvalue weighted by atomic mass is 16.5. The Hall–Kier alpha value is -1.06. The first-order valence-electron chi connectivity index (χ1n) is 5.93. The molecular weight excluding hydrogens is 200 g/mol. The summed E-state index contributed by atoms with van der Waals surface area (Å²) in [6.07, 6.45) is 2.74. The largest absolute Gasteiger partial charge is 0.491 e. The second kappa shape index (κ2) is 4.85. The van der Waals surface area contributed by atoms with Gasteiger partial charge < -0.3 is 4.74 Å². The van der Waals surface area contributed by atoms with E-state index < -0.39 is 0 Å². The molecule has 0 bridgehead atoms. The molecular formula is C13H20N2O. The van der Waals surface area contributed by atoms with E-state index >= 15 is 0 Å². The van der Waals surface area contributed by atoms with Gasteiger partial charge in [0, 0.05) is 6.04 Å². The van der Waals surface area contributed by atoms with Crippen LogP contribution >= 0.6 is 0 Å². The van der Waals surface area contributed by atoms with E-state index in [1.54, 1.807) is 0 Å². The first-order chi connectivity index (χ1) is 7.70. The zero-order chi connectivity index (χ0) is 11.5. The van der Waals surface area contributed by atoms with Gasteiger partial charge in [0.1, 0.15) is 5.75 Å². The molecule has 3 N–H and O–H groups in total. The minimum Gasteiger partial charge on any atom is -0.491 e. The summed E-state index contributed by atoms with van der Waals surface area (Å²) in [4.78, 5) is 0. The van der Waals surface area contributed by atoms with E-state index in [1.807, 2.05) is 26.0 Å². The van der Waals surface area contributed by atoms with Crippen LogP contribution in [-0.2, 0) is 0 Å². The van der Waals surface area contributed by atoms with Crippen molar-refractivity contribution >= 4 is 0 Å². The minimum atomic E-state index is 0.209. The fourth-order valence-corrected chi connectivity index (χ4v) is 1.99. The Labute approximate surface area is 97.0 Å². The van der Waals surface area contributed by atoms with Crippen LogP contribution in [0.15, 0.2) is 24.3 Å². The fraction of sp³-hybridized carbons (Fsp3) is 0.538. The monoisotopic (exact) mass is 220 g/mol. The Kier molecular flexibility index (Phi) is 3.46. The van der Waals surface area contributed by atoms with Gasteiger partial charge in [-0.2, -0.15) is 0 Å². The van der Waals surface area contributed by atoms with Crippen molar-refractivity contribution in [2.24, 2.45) is 11.8 Å². The molecule has 16 heavy (non-hydrogen) atoms. The Morgan fingerprint density at radius 3 is 2.69 bits per heavy atom. The van der Waals surface area contributed by atoms with E-state index in [4.69, 9.17) is 10.6 Å². The summed E-state index contributed by atoms with van der Waals surface area (Å²) < 4.78 is 5.68. The van der Waals surface area contributed by atoms with Crippen LogP contribution in [0.3, 0.4) is 0 Å². The minimum absolute atomic E-state index is 0.209. The zero-order valence-electron chi connectivity index (χ0n) is 9.94. The maximum absolute atomic E-state index is 5.68. The van der Waals surface area contributed by atoms with Crippen molar-refractivity contribution in [3.05, 3.63) is 29.8 Å². The van der Waals surface area contributed by atoms with E-state index in [0.29, 0.717) is 5.92 Å². The second-order valence-corrected chi connectivity index (χ2v) is 4.72. The first kappa shape index (κ1) is 11.4. The predicted octanol–water partition coefficient (Wildman–Crippen LogP) is 2.39. The Bertz CT molecular complexity index is 348. The van der Waals surface area contributed by atoms with Gasteiger partial charge in [-0.25, -0.2) is 0 Å². The highest BCUT2D eigenvalue weighted by Crippen LogP contribution is 2.41. The lowest BCUT2D eigenvalue weighted by molar-refractivity contribution is 0.242. The molecule has 88 valence electrons. The molecule has 0 aliphatic heterocycles. The molecule has 1 aromatic rings. The number of hydrogen-bond acceptors (Lipinski definition) is 3. The molecule has 0 heterocycles. The molecule has 0 aromatic heterocycles. The number of benzene rings is 1. The number of ether oxygens (including phenoxy) is 1. The van der Waals surface area contributed by atoms with Gasteiger partial charge in [0.05, 0.1) is 6.10 Å². The third-order valence-corrected chi connectivity index (χ3v) is 2.86. The summed E-state index contributed by atoms with van der Waals surface area (Å²) in [6.45, 7) is 4.07. The van der Waals surface area contributed by atoms with Gasteiger partial charge in [0.15, 0.2) is 0 Å². The van der Waals surface area contributed by atoms with Crippen molar-refractivity contribution in [2.45, 2.75) is 38.8 Å². The van der Waals surface area contributed by atoms with Gasteiger partial charge in [-0.15, -0.1) is 0 Å². The van der Waals surface area contributed by atoms with Crippen molar-refractivity contribution in [3.63, 3.8) is 0 Å². The van der Waals surface area contributed by atoms with Crippen molar-refractivity contribution in [2.75, 3.05) is 0 Å². The smallest absolute Gasteiger partial charge is 0.120 e. The second-order valence-electron chi connectivity index (χ2n) is 4.72. The van der Waals surface area contributed by atoms with Crippen LogP contribution < -0.4 is 16.0 Å². The fourth-order valence-electron chi connectivity index (χ4n) is 1.99. The lowest BCUT2D eigenvalue weighted by Gasteiger charge is -2.17. The molecule has 1 fully saturated rings. The summed E-state index contributed by atoms with van der Waals surface area (Å²) in [5.41, 5.74) is 4.13. The van der Waals surface area contributed by atoms with Gasteiger partial charge in [-0.1, -0.05) is 12.1 Å². The van der Waals surface area contributed by atoms with Crippen LogP contribution in [0.2, 0.25) is 0 Å². The normalized spacial score (nSPS) is 17.5. The van der Waals surface area contributed by atoms with Crippen LogP contribution in [0, 0.1) is 5.92 Å². The van der Waals surface area contributed by atoms with Crippen LogP contribution in [0.25, 0.3) is 0 Å². The van der Waals surface area contributed by atoms with Gasteiger partial charge in [0.2, 0.25) is 0 Å². The predicted molar refractivity (Wildman–Crippen MR) is 65.0 cm³/mol. The van der Waals surface area contributed by atoms with Crippen molar-refractivity contribution in [3.8, 4) is 5.75 Å². The summed E-state index contributed by atoms with van der Waals surface area (Å²) in [5.74, 6) is 7.22. The summed E-state index contributed by atoms with van der Waals surface area (Å²) in [7, 11) is 0. The average molecular weight is 220 g/mol. The number of nitrogens with two attached hydrogens (primary N) is 1. The van der Waals surface area contributed by atoms with Crippen molar-refractivity contribution in [1.29, 1.82) is 0 Å². The molecule has 1 saturated carbocycles. The Morgan fingerprint density at radius 1 is 1.38 bits per heavy atom. The molecule has 0 radical (unpaired) electrons. The van der Waals surface area contributed by atoms with Crippen molar-refractivity contribution < 1.29 is 4.74 Å². The van der Waals surface area contributed by atoms with Gasteiger partial charge in [-0.3, -0.25) is 11.3 Å². The molecule has 1 aromatic carbocycles. The lowest BCUT2D eigenvalue weighted by atomic mass is 10.0. The summed E-state index contributed by atoms with van der Waals surface area (Å²) in [5, 5.41) is 0. The topological polar surface area (TPSA) is 47.3 Å². The summed E-state index contributed by atoms with van der Waals surface area (Å²) in [6, 6.07) is 8.48. The molecule has 0 amide bonds. The zero-order valence-corrected chi connectivity index (χ0v) is 9.94. The van der Waals surface area contributed by atoms with E-state index in [9.17, 15) is 0 Å². The molecule has 3 heteroatoms. The highest BCUT2D eigenvalue weighted by Gasteiger charge is 2.31. The maximum Gasteiger partial charge on any atom is 0.120 e. The molecule has 2 rings (SSSR count). The van der Waals surface area contributed by atoms with Gasteiger partial charge >= 0.3 is 0 Å². The van der Waals surface area contributed by atoms with Gasteiger partial charge in [0.25, 0.3) is 0 Å². The number of hydrazine groups is 1. The lowest BCUT2D eigenvalue weighted by Crippen LogP contribution is -2.29. The van der Waals surface area contributed by atoms with Crippen LogP contribution in [0.4, 0.5) is 0 Å². The quantitative estimate of drug-likeness (QED) is 0.591. The average Bonchev–Trinajstić information content (AvgIpc) is 3.03. The number of hydrogen-bond donors (Lipinski definition) is 2. The molecule has 1 aliphatic carbocycles. The third kappa shape index (κ3) is 2.74. The highest BCUT2D eigenvalue weighted by molar-refractivity contribution is 5.31. The number of rotatable bonds is 5. The van der Waals surface area contributed by atoms with Crippen molar-refractivity contribution in [1.82, 2.24) is 5.43 Å². The molecule has 3 nitrogen and oxygen atoms in total. The molecule has 1 aliphatic rings.